The molecule has 0 bridgehead atoms. The fraction of sp³-hybridized carbons (Fsp3) is 0.136. The van der Waals surface area contributed by atoms with Gasteiger partial charge in [-0.3, -0.25) is 9.55 Å². The van der Waals surface area contributed by atoms with Crippen LogP contribution >= 0.6 is 0 Å². The minimum absolute atomic E-state index is 0.000940. The summed E-state index contributed by atoms with van der Waals surface area (Å²) >= 11 is 0. The van der Waals surface area contributed by atoms with Crippen molar-refractivity contribution in [2.24, 2.45) is 0 Å². The van der Waals surface area contributed by atoms with Crippen molar-refractivity contribution in [1.29, 1.82) is 5.26 Å². The van der Waals surface area contributed by atoms with Gasteiger partial charge in [-0.2, -0.15) is 5.26 Å². The van der Waals surface area contributed by atoms with Crippen molar-refractivity contribution in [2.75, 3.05) is 0 Å². The predicted octanol–water partition coefficient (Wildman–Crippen LogP) is 3.11. The summed E-state index contributed by atoms with van der Waals surface area (Å²) in [7, 11) is 0. The lowest BCUT2D eigenvalue weighted by atomic mass is 10.0. The molecule has 4 aromatic rings. The van der Waals surface area contributed by atoms with Crippen LogP contribution in [0.15, 0.2) is 59.5 Å². The normalized spacial score (nSPS) is 10.9. The summed E-state index contributed by atoms with van der Waals surface area (Å²) in [6, 6.07) is 17.1. The van der Waals surface area contributed by atoms with Crippen molar-refractivity contribution >= 4 is 11.2 Å². The van der Waals surface area contributed by atoms with Gasteiger partial charge in [0.05, 0.1) is 30.3 Å². The van der Waals surface area contributed by atoms with E-state index in [-0.39, 0.29) is 18.8 Å². The summed E-state index contributed by atoms with van der Waals surface area (Å²) in [5, 5.41) is 18.7. The van der Waals surface area contributed by atoms with Crippen molar-refractivity contribution in [2.45, 2.75) is 20.1 Å². The molecule has 138 valence electrons. The fourth-order valence-electron chi connectivity index (χ4n) is 3.34. The van der Waals surface area contributed by atoms with Crippen molar-refractivity contribution in [3.63, 3.8) is 0 Å². The molecule has 0 amide bonds. The molecule has 2 heterocycles. The van der Waals surface area contributed by atoms with Gasteiger partial charge in [-0.1, -0.05) is 36.4 Å². The lowest BCUT2D eigenvalue weighted by Gasteiger charge is -2.08. The zero-order valence-electron chi connectivity index (χ0n) is 15.3. The van der Waals surface area contributed by atoms with E-state index in [0.29, 0.717) is 16.7 Å². The van der Waals surface area contributed by atoms with Crippen LogP contribution in [0, 0.1) is 18.3 Å². The molecule has 6 nitrogen and oxygen atoms in total. The van der Waals surface area contributed by atoms with E-state index in [4.69, 9.17) is 0 Å². The summed E-state index contributed by atoms with van der Waals surface area (Å²) in [6.45, 7) is 2.24. The van der Waals surface area contributed by atoms with Gasteiger partial charge >= 0.3 is 5.69 Å². The summed E-state index contributed by atoms with van der Waals surface area (Å²) in [4.78, 5) is 19.7. The molecule has 0 saturated heterocycles. The van der Waals surface area contributed by atoms with Crippen molar-refractivity contribution in [1.82, 2.24) is 14.5 Å². The molecule has 0 unspecified atom stereocenters. The van der Waals surface area contributed by atoms with Gasteiger partial charge < -0.3 is 5.11 Å². The number of nitriles is 1. The molecule has 0 aliphatic carbocycles. The van der Waals surface area contributed by atoms with Crippen LogP contribution in [0.4, 0.5) is 0 Å². The number of hydrogen-bond acceptors (Lipinski definition) is 4. The van der Waals surface area contributed by atoms with Crippen molar-refractivity contribution in [3.05, 3.63) is 87.5 Å². The molecule has 2 aromatic carbocycles. The largest absolute Gasteiger partial charge is 0.392 e. The average Bonchev–Trinajstić information content (AvgIpc) is 3.03. The Bertz CT molecular complexity index is 1280. The highest BCUT2D eigenvalue weighted by atomic mass is 16.3. The number of nitrogens with one attached hydrogen (secondary N) is 1. The number of fused-ring (bicyclic) bond motifs is 1. The van der Waals surface area contributed by atoms with E-state index in [1.807, 2.05) is 43.3 Å². The summed E-state index contributed by atoms with van der Waals surface area (Å²) in [6.07, 6.45) is 1.72. The van der Waals surface area contributed by atoms with Crippen molar-refractivity contribution in [3.8, 4) is 17.2 Å². The molecular weight excluding hydrogens is 352 g/mol. The second-order valence-corrected chi connectivity index (χ2v) is 6.68. The first-order valence-corrected chi connectivity index (χ1v) is 8.88. The number of aliphatic hydroxyl groups is 1. The van der Waals surface area contributed by atoms with Crippen LogP contribution in [0.1, 0.15) is 22.3 Å². The van der Waals surface area contributed by atoms with Gasteiger partial charge in [-0.25, -0.2) is 9.78 Å². The smallest absolute Gasteiger partial charge is 0.327 e. The van der Waals surface area contributed by atoms with E-state index in [1.54, 1.807) is 22.9 Å². The van der Waals surface area contributed by atoms with E-state index in [2.05, 4.69) is 16.0 Å². The Balaban J connectivity index is 1.82. The number of aromatic nitrogens is 3. The van der Waals surface area contributed by atoms with E-state index in [0.717, 1.165) is 27.8 Å². The maximum Gasteiger partial charge on any atom is 0.327 e. The van der Waals surface area contributed by atoms with Gasteiger partial charge in [0, 0.05) is 11.8 Å². The molecule has 0 aliphatic heterocycles. The van der Waals surface area contributed by atoms with Crippen LogP contribution in [0.2, 0.25) is 0 Å². The first-order valence-electron chi connectivity index (χ1n) is 8.88. The second kappa shape index (κ2) is 7.14. The van der Waals surface area contributed by atoms with Crippen LogP contribution in [-0.2, 0) is 13.2 Å². The SMILES string of the molecule is Cc1cc(-c2cnc3[nH]c(=O)n(Cc4ccccc4C#N)c3c2)ccc1CO. The fourth-order valence-corrected chi connectivity index (χ4v) is 3.34. The Morgan fingerprint density at radius 1 is 1.14 bits per heavy atom. The van der Waals surface area contributed by atoms with Crippen molar-refractivity contribution < 1.29 is 5.11 Å². The van der Waals surface area contributed by atoms with Gasteiger partial charge in [0.25, 0.3) is 0 Å². The Morgan fingerprint density at radius 2 is 1.96 bits per heavy atom. The minimum atomic E-state index is -0.265. The Kier molecular flexibility index (Phi) is 4.52. The molecule has 6 heteroatoms. The van der Waals surface area contributed by atoms with Gasteiger partial charge in [-0.15, -0.1) is 0 Å². The number of aromatic amines is 1. The van der Waals surface area contributed by atoms with Crippen LogP contribution in [-0.4, -0.2) is 19.6 Å². The first-order chi connectivity index (χ1) is 13.6. The standard InChI is InChI=1S/C22H18N4O2/c1-14-8-15(6-7-18(14)13-27)19-9-20-21(24-11-19)25-22(28)26(20)12-17-5-3-2-4-16(17)10-23/h2-9,11,27H,12-13H2,1H3,(H,24,25,28). The third-order valence-electron chi connectivity index (χ3n) is 4.94. The molecule has 0 radical (unpaired) electrons. The van der Waals surface area contributed by atoms with E-state index >= 15 is 0 Å². The number of hydrogen-bond donors (Lipinski definition) is 2. The number of aliphatic hydroxyl groups excluding tert-OH is 1. The van der Waals surface area contributed by atoms with Crippen LogP contribution in [0.5, 0.6) is 0 Å². The molecule has 0 atom stereocenters. The van der Waals surface area contributed by atoms with Crippen LogP contribution < -0.4 is 5.69 Å². The van der Waals surface area contributed by atoms with Gasteiger partial charge in [-0.05, 0) is 41.3 Å². The van der Waals surface area contributed by atoms with Gasteiger partial charge in [0.2, 0.25) is 0 Å². The topological polar surface area (TPSA) is 94.7 Å². The molecule has 2 N–H and O–H groups in total. The van der Waals surface area contributed by atoms with E-state index in [9.17, 15) is 15.2 Å². The lowest BCUT2D eigenvalue weighted by Crippen LogP contribution is -2.17. The molecule has 0 saturated carbocycles. The molecule has 0 fully saturated rings. The Labute approximate surface area is 161 Å². The predicted molar refractivity (Wildman–Crippen MR) is 107 cm³/mol. The molecular formula is C22H18N4O2. The zero-order chi connectivity index (χ0) is 19.7. The van der Waals surface area contributed by atoms with Crippen LogP contribution in [0.3, 0.4) is 0 Å². The third-order valence-corrected chi connectivity index (χ3v) is 4.94. The van der Waals surface area contributed by atoms with E-state index in [1.165, 1.54) is 0 Å². The summed E-state index contributed by atoms with van der Waals surface area (Å²) in [5.74, 6) is 0. The molecule has 0 aliphatic rings. The molecule has 0 spiro atoms. The Morgan fingerprint density at radius 3 is 2.71 bits per heavy atom. The molecule has 4 rings (SSSR count). The number of aryl methyl sites for hydroxylation is 1. The zero-order valence-corrected chi connectivity index (χ0v) is 15.3. The number of pyridine rings is 1. The number of imidazole rings is 1. The Hall–Kier alpha value is -3.69. The second-order valence-electron chi connectivity index (χ2n) is 6.68. The van der Waals surface area contributed by atoms with Gasteiger partial charge in [0.1, 0.15) is 0 Å². The number of rotatable bonds is 4. The van der Waals surface area contributed by atoms with E-state index < -0.39 is 0 Å². The van der Waals surface area contributed by atoms with Gasteiger partial charge in [0.15, 0.2) is 5.65 Å². The average molecular weight is 370 g/mol. The summed E-state index contributed by atoms with van der Waals surface area (Å²) < 4.78 is 1.59. The highest BCUT2D eigenvalue weighted by molar-refractivity contribution is 5.78. The quantitative estimate of drug-likeness (QED) is 0.577. The third kappa shape index (κ3) is 3.08. The number of benzene rings is 2. The molecule has 2 aromatic heterocycles. The lowest BCUT2D eigenvalue weighted by molar-refractivity contribution is 0.281. The minimum Gasteiger partial charge on any atom is -0.392 e. The maximum absolute atomic E-state index is 12.5. The highest BCUT2D eigenvalue weighted by Crippen LogP contribution is 2.24. The monoisotopic (exact) mass is 370 g/mol. The molecule has 28 heavy (non-hydrogen) atoms. The maximum atomic E-state index is 12.5. The highest BCUT2D eigenvalue weighted by Gasteiger charge is 2.12. The van der Waals surface area contributed by atoms with Crippen LogP contribution in [0.25, 0.3) is 22.3 Å². The summed E-state index contributed by atoms with van der Waals surface area (Å²) in [5.41, 5.74) is 5.96. The first kappa shape index (κ1) is 17.7. The number of nitrogens with zero attached hydrogens (tertiary/aromatic N) is 3. The number of H-pyrrole nitrogens is 1.